The minimum absolute atomic E-state index is 0.487. The first-order valence-electron chi connectivity index (χ1n) is 4.87. The Bertz CT molecular complexity index is 466. The highest BCUT2D eigenvalue weighted by Crippen LogP contribution is 2.24. The summed E-state index contributed by atoms with van der Waals surface area (Å²) in [7, 11) is 1.48. The Balaban J connectivity index is 2.83. The smallest absolute Gasteiger partial charge is 0.248 e. The number of methoxy groups -OCH3 is 1. The van der Waals surface area contributed by atoms with Crippen LogP contribution in [0.5, 0.6) is 5.75 Å². The van der Waals surface area contributed by atoms with Crippen LogP contribution in [-0.2, 0) is 9.59 Å². The third-order valence-electron chi connectivity index (χ3n) is 1.98. The molecule has 0 saturated carbocycles. The summed E-state index contributed by atoms with van der Waals surface area (Å²) >= 11 is 0. The van der Waals surface area contributed by atoms with E-state index >= 15 is 0 Å². The van der Waals surface area contributed by atoms with Gasteiger partial charge in [0, 0.05) is 6.08 Å². The van der Waals surface area contributed by atoms with Crippen molar-refractivity contribution in [2.24, 2.45) is 0 Å². The molecule has 5 nitrogen and oxygen atoms in total. The summed E-state index contributed by atoms with van der Waals surface area (Å²) in [6.07, 6.45) is 1.55. The van der Waals surface area contributed by atoms with E-state index in [0.717, 1.165) is 11.6 Å². The molecule has 1 rings (SSSR count). The molecule has 90 valence electrons. The van der Waals surface area contributed by atoms with Gasteiger partial charge in [0.1, 0.15) is 5.75 Å². The molecule has 0 aliphatic carbocycles. The van der Waals surface area contributed by atoms with E-state index in [9.17, 15) is 14.7 Å². The molecule has 1 N–H and O–H groups in total. The number of ether oxygens (including phenoxy) is 1. The van der Waals surface area contributed by atoms with Gasteiger partial charge in [-0.2, -0.15) is 0 Å². The summed E-state index contributed by atoms with van der Waals surface area (Å²) in [6.45, 7) is 1.87. The topological polar surface area (TPSA) is 78.5 Å². The second kappa shape index (κ2) is 5.69. The van der Waals surface area contributed by atoms with Gasteiger partial charge in [0.15, 0.2) is 0 Å². The van der Waals surface area contributed by atoms with Gasteiger partial charge in [0.05, 0.1) is 18.8 Å². The van der Waals surface area contributed by atoms with Gasteiger partial charge in [-0.15, -0.1) is 0 Å². The third kappa shape index (κ3) is 3.98. The first kappa shape index (κ1) is 12.8. The molecule has 0 saturated heterocycles. The molecule has 1 aromatic carbocycles. The average Bonchev–Trinajstić information content (AvgIpc) is 2.27. The van der Waals surface area contributed by atoms with Crippen LogP contribution in [0.4, 0.5) is 5.69 Å². The number of hydrogen-bond acceptors (Lipinski definition) is 4. The van der Waals surface area contributed by atoms with Gasteiger partial charge in [0.25, 0.3) is 0 Å². The zero-order chi connectivity index (χ0) is 12.8. The molecule has 0 atom stereocenters. The number of rotatable bonds is 4. The van der Waals surface area contributed by atoms with E-state index in [4.69, 9.17) is 4.74 Å². The number of carboxylic acids is 1. The van der Waals surface area contributed by atoms with E-state index in [1.165, 1.54) is 7.11 Å². The fourth-order valence-corrected chi connectivity index (χ4v) is 1.24. The van der Waals surface area contributed by atoms with Crippen molar-refractivity contribution in [2.75, 3.05) is 12.4 Å². The Hall–Kier alpha value is -2.30. The molecule has 0 bridgehead atoms. The number of amides is 1. The zero-order valence-electron chi connectivity index (χ0n) is 9.52. The minimum Gasteiger partial charge on any atom is -0.545 e. The van der Waals surface area contributed by atoms with E-state index < -0.39 is 11.9 Å². The number of carboxylic acid groups (broad SMARTS) is 1. The average molecular weight is 234 g/mol. The quantitative estimate of drug-likeness (QED) is 0.757. The van der Waals surface area contributed by atoms with Gasteiger partial charge in [-0.25, -0.2) is 0 Å². The summed E-state index contributed by atoms with van der Waals surface area (Å²) in [5.41, 5.74) is 1.44. The van der Waals surface area contributed by atoms with Crippen LogP contribution in [0.25, 0.3) is 0 Å². The molecule has 17 heavy (non-hydrogen) atoms. The number of carbonyl (C=O) groups is 2. The van der Waals surface area contributed by atoms with Crippen molar-refractivity contribution in [3.8, 4) is 5.75 Å². The Labute approximate surface area is 98.7 Å². The molecule has 0 aromatic heterocycles. The maximum Gasteiger partial charge on any atom is 0.248 e. The van der Waals surface area contributed by atoms with Gasteiger partial charge in [0.2, 0.25) is 5.91 Å². The number of hydrogen-bond donors (Lipinski definition) is 1. The molecule has 0 fully saturated rings. The molecule has 0 spiro atoms. The lowest BCUT2D eigenvalue weighted by atomic mass is 10.2. The maximum atomic E-state index is 11.4. The number of carbonyl (C=O) groups excluding carboxylic acids is 2. The van der Waals surface area contributed by atoms with Crippen molar-refractivity contribution < 1.29 is 19.4 Å². The Morgan fingerprint density at radius 3 is 2.65 bits per heavy atom. The van der Waals surface area contributed by atoms with E-state index in [-0.39, 0.29) is 0 Å². The predicted molar refractivity (Wildman–Crippen MR) is 60.5 cm³/mol. The van der Waals surface area contributed by atoms with Crippen molar-refractivity contribution in [2.45, 2.75) is 6.92 Å². The maximum absolute atomic E-state index is 11.4. The second-order valence-corrected chi connectivity index (χ2v) is 3.35. The molecule has 0 aliphatic rings. The molecule has 1 aromatic rings. The van der Waals surface area contributed by atoms with Crippen LogP contribution in [0, 0.1) is 6.92 Å². The summed E-state index contributed by atoms with van der Waals surface area (Å²) in [5.74, 6) is -1.47. The summed E-state index contributed by atoms with van der Waals surface area (Å²) in [6, 6.07) is 5.28. The van der Waals surface area contributed by atoms with Crippen LogP contribution >= 0.6 is 0 Å². The normalized spacial score (nSPS) is 10.2. The molecule has 1 amide bonds. The van der Waals surface area contributed by atoms with Crippen LogP contribution in [0.1, 0.15) is 5.56 Å². The highest BCUT2D eigenvalue weighted by Gasteiger charge is 2.05. The van der Waals surface area contributed by atoms with E-state index in [1.54, 1.807) is 12.1 Å². The predicted octanol–water partition coefficient (Wildman–Crippen LogP) is 0.248. The van der Waals surface area contributed by atoms with Crippen LogP contribution in [0.2, 0.25) is 0 Å². The highest BCUT2D eigenvalue weighted by atomic mass is 16.5. The second-order valence-electron chi connectivity index (χ2n) is 3.35. The SMILES string of the molecule is COc1ccc(C)cc1NC(=O)/C=C/C(=O)[O-]. The first-order chi connectivity index (χ1) is 8.02. The summed E-state index contributed by atoms with van der Waals surface area (Å²) in [4.78, 5) is 21.5. The molecule has 0 heterocycles. The van der Waals surface area contributed by atoms with E-state index in [0.29, 0.717) is 17.5 Å². The Morgan fingerprint density at radius 2 is 2.06 bits per heavy atom. The van der Waals surface area contributed by atoms with Crippen molar-refractivity contribution in [3.63, 3.8) is 0 Å². The van der Waals surface area contributed by atoms with Gasteiger partial charge in [-0.3, -0.25) is 4.79 Å². The van der Waals surface area contributed by atoms with Crippen LogP contribution < -0.4 is 15.2 Å². The molecular formula is C12H12NO4-. The number of aryl methyl sites for hydroxylation is 1. The lowest BCUT2D eigenvalue weighted by molar-refractivity contribution is -0.297. The zero-order valence-corrected chi connectivity index (χ0v) is 9.52. The summed E-state index contributed by atoms with van der Waals surface area (Å²) in [5, 5.41) is 12.6. The standard InChI is InChI=1S/C12H13NO4/c1-8-3-4-10(17-2)9(7-8)13-11(14)5-6-12(15)16/h3-7H,1-2H3,(H,13,14)(H,15,16)/p-1/b6-5+. The molecule has 5 heteroatoms. The molecular weight excluding hydrogens is 222 g/mol. The number of anilines is 1. The van der Waals surface area contributed by atoms with Crippen molar-refractivity contribution in [1.82, 2.24) is 0 Å². The highest BCUT2D eigenvalue weighted by molar-refractivity contribution is 6.02. The minimum atomic E-state index is -1.42. The fraction of sp³-hybridized carbons (Fsp3) is 0.167. The summed E-state index contributed by atoms with van der Waals surface area (Å²) < 4.78 is 5.06. The van der Waals surface area contributed by atoms with Crippen molar-refractivity contribution in [3.05, 3.63) is 35.9 Å². The van der Waals surface area contributed by atoms with Gasteiger partial charge in [-0.05, 0) is 30.7 Å². The lowest BCUT2D eigenvalue weighted by Gasteiger charge is -2.09. The third-order valence-corrected chi connectivity index (χ3v) is 1.98. The molecule has 0 radical (unpaired) electrons. The Morgan fingerprint density at radius 1 is 1.35 bits per heavy atom. The number of aliphatic carboxylic acids is 1. The van der Waals surface area contributed by atoms with Crippen molar-refractivity contribution >= 4 is 17.6 Å². The molecule has 0 unspecified atom stereocenters. The van der Waals surface area contributed by atoms with E-state index in [1.807, 2.05) is 13.0 Å². The number of nitrogens with one attached hydrogen (secondary N) is 1. The van der Waals surface area contributed by atoms with Gasteiger partial charge < -0.3 is 20.0 Å². The van der Waals surface area contributed by atoms with Crippen molar-refractivity contribution in [1.29, 1.82) is 0 Å². The molecule has 0 aliphatic heterocycles. The first-order valence-corrected chi connectivity index (χ1v) is 4.87. The fourth-order valence-electron chi connectivity index (χ4n) is 1.24. The van der Waals surface area contributed by atoms with Crippen LogP contribution in [0.15, 0.2) is 30.4 Å². The number of benzene rings is 1. The lowest BCUT2D eigenvalue weighted by Crippen LogP contribution is -2.20. The monoisotopic (exact) mass is 234 g/mol. The van der Waals surface area contributed by atoms with Crippen LogP contribution in [0.3, 0.4) is 0 Å². The van der Waals surface area contributed by atoms with Gasteiger partial charge >= 0.3 is 0 Å². The Kier molecular flexibility index (Phi) is 4.28. The van der Waals surface area contributed by atoms with Crippen LogP contribution in [-0.4, -0.2) is 19.0 Å². The van der Waals surface area contributed by atoms with E-state index in [2.05, 4.69) is 5.32 Å². The largest absolute Gasteiger partial charge is 0.545 e. The van der Waals surface area contributed by atoms with Gasteiger partial charge in [-0.1, -0.05) is 6.07 Å².